The molecule has 0 aliphatic carbocycles. The van der Waals surface area contributed by atoms with Gasteiger partial charge in [0.15, 0.2) is 0 Å². The zero-order valence-electron chi connectivity index (χ0n) is 11.9. The fourth-order valence-electron chi connectivity index (χ4n) is 2.54. The molecule has 3 rings (SSSR count). The molecule has 1 saturated heterocycles. The molecule has 1 aliphatic rings. The van der Waals surface area contributed by atoms with Gasteiger partial charge >= 0.3 is 0 Å². The zero-order valence-corrected chi connectivity index (χ0v) is 11.9. The zero-order chi connectivity index (χ0) is 15.4. The molecule has 1 unspecified atom stereocenters. The van der Waals surface area contributed by atoms with Crippen molar-refractivity contribution in [3.63, 3.8) is 0 Å². The van der Waals surface area contributed by atoms with E-state index in [9.17, 15) is 4.79 Å². The molecule has 2 aromatic heterocycles. The largest absolute Gasteiger partial charge is 0.379 e. The SMILES string of the molecule is N#Cc1cnccc1NC1CCN(C(=O)c2ccccn2)C1. The molecule has 1 aliphatic heterocycles. The minimum Gasteiger partial charge on any atom is -0.379 e. The van der Waals surface area contributed by atoms with E-state index in [1.807, 2.05) is 6.07 Å². The Kier molecular flexibility index (Phi) is 3.97. The maximum absolute atomic E-state index is 12.3. The van der Waals surface area contributed by atoms with E-state index in [1.165, 1.54) is 6.20 Å². The molecular weight excluding hydrogens is 278 g/mol. The van der Waals surface area contributed by atoms with E-state index >= 15 is 0 Å². The molecule has 22 heavy (non-hydrogen) atoms. The lowest BCUT2D eigenvalue weighted by molar-refractivity contribution is 0.0786. The van der Waals surface area contributed by atoms with Crippen LogP contribution in [-0.4, -0.2) is 39.9 Å². The summed E-state index contributed by atoms with van der Waals surface area (Å²) in [6, 6.07) is 9.34. The number of nitriles is 1. The summed E-state index contributed by atoms with van der Waals surface area (Å²) in [6.45, 7) is 1.28. The van der Waals surface area contributed by atoms with Gasteiger partial charge in [0.25, 0.3) is 5.91 Å². The molecule has 1 fully saturated rings. The Morgan fingerprint density at radius 1 is 1.36 bits per heavy atom. The Hall–Kier alpha value is -2.94. The van der Waals surface area contributed by atoms with Gasteiger partial charge in [-0.1, -0.05) is 6.07 Å². The van der Waals surface area contributed by atoms with E-state index in [0.717, 1.165) is 12.1 Å². The van der Waals surface area contributed by atoms with Gasteiger partial charge in [-0.25, -0.2) is 0 Å². The van der Waals surface area contributed by atoms with Gasteiger partial charge in [-0.05, 0) is 24.6 Å². The topological polar surface area (TPSA) is 81.9 Å². The summed E-state index contributed by atoms with van der Waals surface area (Å²) in [6.07, 6.45) is 5.64. The Morgan fingerprint density at radius 2 is 2.27 bits per heavy atom. The summed E-state index contributed by atoms with van der Waals surface area (Å²) in [4.78, 5) is 22.2. The highest BCUT2D eigenvalue weighted by Crippen LogP contribution is 2.19. The van der Waals surface area contributed by atoms with Gasteiger partial charge in [-0.3, -0.25) is 14.8 Å². The number of nitrogens with one attached hydrogen (secondary N) is 1. The fraction of sp³-hybridized carbons (Fsp3) is 0.250. The number of rotatable bonds is 3. The van der Waals surface area contributed by atoms with E-state index in [-0.39, 0.29) is 11.9 Å². The number of carbonyl (C=O) groups excluding carboxylic acids is 1. The fourth-order valence-corrected chi connectivity index (χ4v) is 2.54. The van der Waals surface area contributed by atoms with Crippen molar-refractivity contribution in [3.8, 4) is 6.07 Å². The van der Waals surface area contributed by atoms with E-state index in [4.69, 9.17) is 5.26 Å². The van der Waals surface area contributed by atoms with Gasteiger partial charge < -0.3 is 10.2 Å². The molecule has 6 nitrogen and oxygen atoms in total. The molecule has 1 atom stereocenters. The van der Waals surface area contributed by atoms with Crippen LogP contribution >= 0.6 is 0 Å². The quantitative estimate of drug-likeness (QED) is 0.931. The van der Waals surface area contributed by atoms with Crippen LogP contribution in [0.4, 0.5) is 5.69 Å². The predicted molar refractivity (Wildman–Crippen MR) is 81.1 cm³/mol. The second-order valence-electron chi connectivity index (χ2n) is 5.13. The van der Waals surface area contributed by atoms with E-state index in [2.05, 4.69) is 21.4 Å². The molecule has 0 saturated carbocycles. The molecule has 0 radical (unpaired) electrons. The summed E-state index contributed by atoms with van der Waals surface area (Å²) in [5.41, 5.74) is 1.73. The number of nitrogens with zero attached hydrogens (tertiary/aromatic N) is 4. The smallest absolute Gasteiger partial charge is 0.272 e. The number of aromatic nitrogens is 2. The Bertz CT molecular complexity index is 710. The van der Waals surface area contributed by atoms with E-state index in [0.29, 0.717) is 24.3 Å². The second kappa shape index (κ2) is 6.22. The van der Waals surface area contributed by atoms with Crippen molar-refractivity contribution in [2.75, 3.05) is 18.4 Å². The predicted octanol–water partition coefficient (Wildman–Crippen LogP) is 1.67. The molecule has 6 heteroatoms. The lowest BCUT2D eigenvalue weighted by atomic mass is 10.2. The molecule has 0 spiro atoms. The summed E-state index contributed by atoms with van der Waals surface area (Å²) < 4.78 is 0. The monoisotopic (exact) mass is 293 g/mol. The summed E-state index contributed by atoms with van der Waals surface area (Å²) in [7, 11) is 0. The third kappa shape index (κ3) is 2.88. The number of likely N-dealkylation sites (tertiary alicyclic amines) is 1. The number of amides is 1. The maximum Gasteiger partial charge on any atom is 0.272 e. The summed E-state index contributed by atoms with van der Waals surface area (Å²) in [5, 5.41) is 12.4. The summed E-state index contributed by atoms with van der Waals surface area (Å²) in [5.74, 6) is -0.0554. The molecular formula is C16H15N5O. The van der Waals surface area contributed by atoms with Crippen LogP contribution in [0.25, 0.3) is 0 Å². The average molecular weight is 293 g/mol. The van der Waals surface area contributed by atoms with Crippen molar-refractivity contribution < 1.29 is 4.79 Å². The minimum absolute atomic E-state index is 0.0554. The number of hydrogen-bond acceptors (Lipinski definition) is 5. The number of carbonyl (C=O) groups is 1. The highest BCUT2D eigenvalue weighted by Gasteiger charge is 2.27. The third-order valence-electron chi connectivity index (χ3n) is 3.66. The van der Waals surface area contributed by atoms with Crippen LogP contribution in [0.1, 0.15) is 22.5 Å². The van der Waals surface area contributed by atoms with Crippen LogP contribution in [0, 0.1) is 11.3 Å². The lowest BCUT2D eigenvalue weighted by Crippen LogP contribution is -2.32. The van der Waals surface area contributed by atoms with Crippen molar-refractivity contribution in [3.05, 3.63) is 54.1 Å². The highest BCUT2D eigenvalue weighted by molar-refractivity contribution is 5.92. The normalized spacial score (nSPS) is 17.0. The standard InChI is InChI=1S/C16H15N5O/c17-9-12-10-18-7-4-14(12)20-13-5-8-21(11-13)16(22)15-3-1-2-6-19-15/h1-4,6-7,10,13H,5,8,11H2,(H,18,20). The first-order valence-corrected chi connectivity index (χ1v) is 7.09. The number of anilines is 1. The van der Waals surface area contributed by atoms with Crippen molar-refractivity contribution in [2.45, 2.75) is 12.5 Å². The molecule has 3 heterocycles. The first-order chi connectivity index (χ1) is 10.8. The Balaban J connectivity index is 1.66. The van der Waals surface area contributed by atoms with Crippen molar-refractivity contribution in [1.82, 2.24) is 14.9 Å². The third-order valence-corrected chi connectivity index (χ3v) is 3.66. The number of hydrogen-bond donors (Lipinski definition) is 1. The highest BCUT2D eigenvalue weighted by atomic mass is 16.2. The van der Waals surface area contributed by atoms with Crippen LogP contribution in [-0.2, 0) is 0 Å². The molecule has 2 aromatic rings. The Labute approximate surface area is 128 Å². The minimum atomic E-state index is -0.0554. The second-order valence-corrected chi connectivity index (χ2v) is 5.13. The molecule has 0 bridgehead atoms. The molecule has 1 amide bonds. The maximum atomic E-state index is 12.3. The first kappa shape index (κ1) is 14.0. The summed E-state index contributed by atoms with van der Waals surface area (Å²) >= 11 is 0. The van der Waals surface area contributed by atoms with Gasteiger partial charge in [0.1, 0.15) is 11.8 Å². The Morgan fingerprint density at radius 3 is 3.05 bits per heavy atom. The van der Waals surface area contributed by atoms with Crippen molar-refractivity contribution in [2.24, 2.45) is 0 Å². The van der Waals surface area contributed by atoms with Crippen molar-refractivity contribution in [1.29, 1.82) is 5.26 Å². The van der Waals surface area contributed by atoms with Gasteiger partial charge in [0, 0.05) is 37.7 Å². The van der Waals surface area contributed by atoms with Crippen LogP contribution < -0.4 is 5.32 Å². The van der Waals surface area contributed by atoms with Crippen LogP contribution in [0.3, 0.4) is 0 Å². The van der Waals surface area contributed by atoms with Gasteiger partial charge in [-0.15, -0.1) is 0 Å². The molecule has 0 aromatic carbocycles. The van der Waals surface area contributed by atoms with Crippen LogP contribution in [0.2, 0.25) is 0 Å². The van der Waals surface area contributed by atoms with Crippen LogP contribution in [0.5, 0.6) is 0 Å². The average Bonchev–Trinajstić information content (AvgIpc) is 3.04. The van der Waals surface area contributed by atoms with Crippen LogP contribution in [0.15, 0.2) is 42.9 Å². The first-order valence-electron chi connectivity index (χ1n) is 7.09. The molecule has 110 valence electrons. The van der Waals surface area contributed by atoms with Crippen molar-refractivity contribution >= 4 is 11.6 Å². The molecule has 1 N–H and O–H groups in total. The van der Waals surface area contributed by atoms with Gasteiger partial charge in [0.05, 0.1) is 11.3 Å². The lowest BCUT2D eigenvalue weighted by Gasteiger charge is -2.17. The van der Waals surface area contributed by atoms with E-state index in [1.54, 1.807) is 35.5 Å². The number of pyridine rings is 2. The van der Waals surface area contributed by atoms with E-state index < -0.39 is 0 Å². The van der Waals surface area contributed by atoms with Gasteiger partial charge in [0.2, 0.25) is 0 Å². The van der Waals surface area contributed by atoms with Gasteiger partial charge in [-0.2, -0.15) is 5.26 Å².